The molecule has 1 amide bonds. The van der Waals surface area contributed by atoms with E-state index in [-0.39, 0.29) is 30.2 Å². The first-order valence-corrected chi connectivity index (χ1v) is 11.0. The molecule has 0 heterocycles. The van der Waals surface area contributed by atoms with Crippen LogP contribution in [0.1, 0.15) is 31.9 Å². The molecule has 0 fully saturated rings. The zero-order chi connectivity index (χ0) is 21.5. The number of anilines is 1. The fourth-order valence-corrected chi connectivity index (χ4v) is 3.80. The SMILES string of the molecule is C=CCNS(=O)(=O)Cc1ccc(NC(=O)COc2ccccc2C(C)(C)C)cc1. The summed E-state index contributed by atoms with van der Waals surface area (Å²) in [6.45, 7) is 9.82. The molecule has 0 aliphatic heterocycles. The van der Waals surface area contributed by atoms with Crippen LogP contribution in [0.4, 0.5) is 5.69 Å². The van der Waals surface area contributed by atoms with Gasteiger partial charge in [-0.15, -0.1) is 6.58 Å². The van der Waals surface area contributed by atoms with Gasteiger partial charge in [-0.3, -0.25) is 4.79 Å². The van der Waals surface area contributed by atoms with Gasteiger partial charge in [0, 0.05) is 12.2 Å². The van der Waals surface area contributed by atoms with Gasteiger partial charge in [0.2, 0.25) is 10.0 Å². The van der Waals surface area contributed by atoms with Gasteiger partial charge in [-0.25, -0.2) is 13.1 Å². The van der Waals surface area contributed by atoms with Crippen molar-refractivity contribution in [2.75, 3.05) is 18.5 Å². The van der Waals surface area contributed by atoms with E-state index >= 15 is 0 Å². The van der Waals surface area contributed by atoms with Gasteiger partial charge in [-0.2, -0.15) is 0 Å². The van der Waals surface area contributed by atoms with Crippen molar-refractivity contribution in [2.24, 2.45) is 0 Å². The summed E-state index contributed by atoms with van der Waals surface area (Å²) < 4.78 is 31.9. The number of carbonyl (C=O) groups excluding carboxylic acids is 1. The van der Waals surface area contributed by atoms with E-state index in [0.717, 1.165) is 5.56 Å². The van der Waals surface area contributed by atoms with E-state index in [9.17, 15) is 13.2 Å². The first-order valence-electron chi connectivity index (χ1n) is 9.30. The fourth-order valence-electron chi connectivity index (χ4n) is 2.69. The van der Waals surface area contributed by atoms with Crippen LogP contribution in [0.25, 0.3) is 0 Å². The predicted molar refractivity (Wildman–Crippen MR) is 117 cm³/mol. The number of rotatable bonds is 9. The molecule has 2 aromatic rings. The van der Waals surface area contributed by atoms with Crippen LogP contribution in [-0.2, 0) is 26.0 Å². The second kappa shape index (κ2) is 9.71. The lowest BCUT2D eigenvalue weighted by Crippen LogP contribution is -2.25. The Morgan fingerprint density at radius 3 is 2.38 bits per heavy atom. The molecule has 156 valence electrons. The number of nitrogens with one attached hydrogen (secondary N) is 2. The Morgan fingerprint density at radius 1 is 1.10 bits per heavy atom. The van der Waals surface area contributed by atoms with Crippen LogP contribution in [0.5, 0.6) is 5.75 Å². The molecule has 0 aliphatic carbocycles. The summed E-state index contributed by atoms with van der Waals surface area (Å²) in [6.07, 6.45) is 1.48. The average Bonchev–Trinajstić information content (AvgIpc) is 2.66. The fraction of sp³-hybridized carbons (Fsp3) is 0.318. The van der Waals surface area contributed by atoms with Crippen molar-refractivity contribution < 1.29 is 17.9 Å². The Morgan fingerprint density at radius 2 is 1.76 bits per heavy atom. The zero-order valence-electron chi connectivity index (χ0n) is 17.1. The summed E-state index contributed by atoms with van der Waals surface area (Å²) >= 11 is 0. The number of para-hydroxylation sites is 1. The number of amides is 1. The number of hydrogen-bond donors (Lipinski definition) is 2. The van der Waals surface area contributed by atoms with Crippen LogP contribution in [-0.4, -0.2) is 27.5 Å². The Kier molecular flexibility index (Phi) is 7.59. The Balaban J connectivity index is 1.93. The molecular weight excluding hydrogens is 388 g/mol. The van der Waals surface area contributed by atoms with Crippen LogP contribution < -0.4 is 14.8 Å². The maximum atomic E-state index is 12.2. The van der Waals surface area contributed by atoms with E-state index < -0.39 is 10.0 Å². The second-order valence-electron chi connectivity index (χ2n) is 7.68. The summed E-state index contributed by atoms with van der Waals surface area (Å²) in [7, 11) is -3.42. The second-order valence-corrected chi connectivity index (χ2v) is 9.48. The maximum absolute atomic E-state index is 12.2. The smallest absolute Gasteiger partial charge is 0.262 e. The van der Waals surface area contributed by atoms with Gasteiger partial charge in [0.25, 0.3) is 5.91 Å². The van der Waals surface area contributed by atoms with Crippen LogP contribution in [0.3, 0.4) is 0 Å². The molecule has 0 unspecified atom stereocenters. The Bertz CT molecular complexity index is 946. The predicted octanol–water partition coefficient (Wildman–Crippen LogP) is 3.61. The van der Waals surface area contributed by atoms with E-state index in [0.29, 0.717) is 17.0 Å². The molecule has 2 rings (SSSR count). The van der Waals surface area contributed by atoms with E-state index in [4.69, 9.17) is 4.74 Å². The minimum absolute atomic E-state index is 0.0935. The Labute approximate surface area is 173 Å². The van der Waals surface area contributed by atoms with Crippen molar-refractivity contribution >= 4 is 21.6 Å². The highest BCUT2D eigenvalue weighted by Gasteiger charge is 2.19. The number of sulfonamides is 1. The highest BCUT2D eigenvalue weighted by molar-refractivity contribution is 7.88. The number of benzene rings is 2. The van der Waals surface area contributed by atoms with Gasteiger partial charge in [0.1, 0.15) is 5.75 Å². The van der Waals surface area contributed by atoms with Crippen molar-refractivity contribution in [1.29, 1.82) is 0 Å². The van der Waals surface area contributed by atoms with Crippen molar-refractivity contribution in [3.8, 4) is 5.75 Å². The summed E-state index contributed by atoms with van der Waals surface area (Å²) in [5.41, 5.74) is 2.13. The maximum Gasteiger partial charge on any atom is 0.262 e. The van der Waals surface area contributed by atoms with Crippen molar-refractivity contribution in [3.63, 3.8) is 0 Å². The highest BCUT2D eigenvalue weighted by Crippen LogP contribution is 2.30. The first kappa shape index (κ1) is 22.6. The molecule has 0 spiro atoms. The van der Waals surface area contributed by atoms with E-state index in [1.807, 2.05) is 24.3 Å². The minimum atomic E-state index is -3.42. The van der Waals surface area contributed by atoms with Gasteiger partial charge >= 0.3 is 0 Å². The first-order chi connectivity index (χ1) is 13.6. The van der Waals surface area contributed by atoms with Crippen LogP contribution in [0.2, 0.25) is 0 Å². The highest BCUT2D eigenvalue weighted by atomic mass is 32.2. The summed E-state index contributed by atoms with van der Waals surface area (Å²) in [5, 5.41) is 2.75. The molecule has 6 nitrogen and oxygen atoms in total. The van der Waals surface area contributed by atoms with Crippen LogP contribution in [0, 0.1) is 0 Å². The van der Waals surface area contributed by atoms with E-state index in [1.54, 1.807) is 24.3 Å². The minimum Gasteiger partial charge on any atom is -0.483 e. The molecule has 0 aliphatic rings. The van der Waals surface area contributed by atoms with Gasteiger partial charge < -0.3 is 10.1 Å². The third-order valence-electron chi connectivity index (χ3n) is 4.10. The lowest BCUT2D eigenvalue weighted by atomic mass is 9.86. The average molecular weight is 417 g/mol. The van der Waals surface area contributed by atoms with E-state index in [1.165, 1.54) is 6.08 Å². The van der Waals surface area contributed by atoms with Crippen molar-refractivity contribution in [2.45, 2.75) is 31.9 Å². The molecular formula is C22H28N2O4S. The van der Waals surface area contributed by atoms with E-state index in [2.05, 4.69) is 37.4 Å². The molecule has 2 N–H and O–H groups in total. The van der Waals surface area contributed by atoms with Crippen molar-refractivity contribution in [3.05, 3.63) is 72.3 Å². The molecule has 2 aromatic carbocycles. The van der Waals surface area contributed by atoms with Gasteiger partial charge in [0.15, 0.2) is 6.61 Å². The lowest BCUT2D eigenvalue weighted by Gasteiger charge is -2.22. The van der Waals surface area contributed by atoms with Gasteiger partial charge in [0.05, 0.1) is 5.75 Å². The van der Waals surface area contributed by atoms with Gasteiger partial charge in [-0.1, -0.05) is 57.2 Å². The summed E-state index contributed by atoms with van der Waals surface area (Å²) in [4.78, 5) is 12.2. The molecule has 0 aromatic heterocycles. The number of hydrogen-bond acceptors (Lipinski definition) is 4. The Hall–Kier alpha value is -2.64. The standard InChI is InChI=1S/C22H28N2O4S/c1-5-14-23-29(26,27)16-17-10-12-18(13-11-17)24-21(25)15-28-20-9-7-6-8-19(20)22(2,3)4/h5-13,23H,1,14-16H2,2-4H3,(H,24,25). The zero-order valence-corrected chi connectivity index (χ0v) is 17.9. The number of ether oxygens (including phenoxy) is 1. The summed E-state index contributed by atoms with van der Waals surface area (Å²) in [6, 6.07) is 14.3. The van der Waals surface area contributed by atoms with Crippen LogP contribution in [0.15, 0.2) is 61.2 Å². The van der Waals surface area contributed by atoms with Crippen molar-refractivity contribution in [1.82, 2.24) is 4.72 Å². The molecule has 0 bridgehead atoms. The molecule has 0 radical (unpaired) electrons. The van der Waals surface area contributed by atoms with Gasteiger partial charge in [-0.05, 0) is 34.7 Å². The third-order valence-corrected chi connectivity index (χ3v) is 5.42. The summed E-state index contributed by atoms with van der Waals surface area (Å²) in [5.74, 6) is 0.256. The third kappa shape index (κ3) is 7.36. The normalized spacial score (nSPS) is 11.7. The molecule has 29 heavy (non-hydrogen) atoms. The van der Waals surface area contributed by atoms with Crippen LogP contribution >= 0.6 is 0 Å². The molecule has 0 saturated carbocycles. The lowest BCUT2D eigenvalue weighted by molar-refractivity contribution is -0.118. The molecule has 0 saturated heterocycles. The largest absolute Gasteiger partial charge is 0.483 e. The monoisotopic (exact) mass is 416 g/mol. The molecule has 0 atom stereocenters. The molecule has 7 heteroatoms. The quantitative estimate of drug-likeness (QED) is 0.612. The number of carbonyl (C=O) groups is 1. The topological polar surface area (TPSA) is 84.5 Å².